The van der Waals surface area contributed by atoms with E-state index in [0.29, 0.717) is 25.2 Å². The number of benzene rings is 1. The summed E-state index contributed by atoms with van der Waals surface area (Å²) in [7, 11) is 0. The standard InChI is InChI=1S/C20H19F3N4O/c21-20(22,23)15-9-17(11-24-10-15)27-6-4-16(12-27)26-19(28)8-13-1-2-14-3-5-25-18(14)7-13/h1-3,5,7,9-11,16,25H,4,6,8,12H2,(H,26,28)/t16-/m1/s1. The molecule has 0 radical (unpaired) electrons. The van der Waals surface area contributed by atoms with Crippen LogP contribution >= 0.6 is 0 Å². The number of rotatable bonds is 4. The van der Waals surface area contributed by atoms with Gasteiger partial charge in [-0.1, -0.05) is 12.1 Å². The fourth-order valence-corrected chi connectivity index (χ4v) is 3.54. The molecule has 2 aromatic heterocycles. The summed E-state index contributed by atoms with van der Waals surface area (Å²) in [5, 5.41) is 4.07. The number of anilines is 1. The first kappa shape index (κ1) is 18.3. The van der Waals surface area contributed by atoms with E-state index >= 15 is 0 Å². The number of hydrogen-bond donors (Lipinski definition) is 2. The van der Waals surface area contributed by atoms with Gasteiger partial charge < -0.3 is 15.2 Å². The number of carbonyl (C=O) groups is 1. The molecule has 1 aliphatic heterocycles. The summed E-state index contributed by atoms with van der Waals surface area (Å²) < 4.78 is 38.6. The Bertz CT molecular complexity index is 998. The topological polar surface area (TPSA) is 61.0 Å². The van der Waals surface area contributed by atoms with Crippen molar-refractivity contribution in [2.24, 2.45) is 0 Å². The number of aromatic amines is 1. The zero-order valence-electron chi connectivity index (χ0n) is 15.0. The highest BCUT2D eigenvalue weighted by atomic mass is 19.4. The molecule has 1 aliphatic rings. The maximum Gasteiger partial charge on any atom is 0.417 e. The fraction of sp³-hybridized carbons (Fsp3) is 0.300. The summed E-state index contributed by atoms with van der Waals surface area (Å²) in [6.07, 6.45) is 0.611. The van der Waals surface area contributed by atoms with E-state index in [1.165, 1.54) is 6.20 Å². The summed E-state index contributed by atoms with van der Waals surface area (Å²) in [6, 6.07) is 8.80. The van der Waals surface area contributed by atoms with Crippen LogP contribution in [0.2, 0.25) is 0 Å². The maximum absolute atomic E-state index is 12.9. The van der Waals surface area contributed by atoms with Gasteiger partial charge in [-0.3, -0.25) is 9.78 Å². The Hall–Kier alpha value is -3.03. The first-order valence-electron chi connectivity index (χ1n) is 9.01. The highest BCUT2D eigenvalue weighted by molar-refractivity contribution is 5.83. The number of halogens is 3. The molecule has 146 valence electrons. The second kappa shape index (κ2) is 7.18. The number of nitrogens with zero attached hydrogens (tertiary/aromatic N) is 2. The number of hydrogen-bond acceptors (Lipinski definition) is 3. The molecule has 1 fully saturated rings. The number of fused-ring (bicyclic) bond motifs is 1. The Labute approximate surface area is 159 Å². The van der Waals surface area contributed by atoms with Crippen molar-refractivity contribution in [2.75, 3.05) is 18.0 Å². The van der Waals surface area contributed by atoms with Crippen molar-refractivity contribution in [3.05, 3.63) is 60.0 Å². The first-order valence-corrected chi connectivity index (χ1v) is 9.01. The van der Waals surface area contributed by atoms with Crippen LogP contribution in [0.15, 0.2) is 48.9 Å². The third-order valence-electron chi connectivity index (χ3n) is 4.95. The van der Waals surface area contributed by atoms with Crippen molar-refractivity contribution >= 4 is 22.5 Å². The lowest BCUT2D eigenvalue weighted by atomic mass is 10.1. The van der Waals surface area contributed by atoms with Crippen molar-refractivity contribution in [2.45, 2.75) is 25.1 Å². The van der Waals surface area contributed by atoms with Crippen molar-refractivity contribution in [3.8, 4) is 0 Å². The number of carbonyl (C=O) groups excluding carboxylic acids is 1. The molecule has 0 aliphatic carbocycles. The molecule has 5 nitrogen and oxygen atoms in total. The molecule has 1 atom stereocenters. The molecule has 0 spiro atoms. The highest BCUT2D eigenvalue weighted by Crippen LogP contribution is 2.31. The Kier molecular flexibility index (Phi) is 4.70. The van der Waals surface area contributed by atoms with Crippen LogP contribution < -0.4 is 10.2 Å². The molecule has 4 rings (SSSR count). The van der Waals surface area contributed by atoms with Crippen molar-refractivity contribution < 1.29 is 18.0 Å². The number of alkyl halides is 3. The summed E-state index contributed by atoms with van der Waals surface area (Å²) >= 11 is 0. The third kappa shape index (κ3) is 3.95. The molecule has 0 saturated carbocycles. The van der Waals surface area contributed by atoms with Gasteiger partial charge in [0.2, 0.25) is 5.91 Å². The molecule has 28 heavy (non-hydrogen) atoms. The lowest BCUT2D eigenvalue weighted by molar-refractivity contribution is -0.137. The van der Waals surface area contributed by atoms with Gasteiger partial charge in [-0.2, -0.15) is 13.2 Å². The van der Waals surface area contributed by atoms with Crippen LogP contribution in [0.3, 0.4) is 0 Å². The molecule has 3 aromatic rings. The lowest BCUT2D eigenvalue weighted by Gasteiger charge is -2.20. The lowest BCUT2D eigenvalue weighted by Crippen LogP contribution is -2.38. The predicted molar refractivity (Wildman–Crippen MR) is 100 cm³/mol. The van der Waals surface area contributed by atoms with Crippen LogP contribution in [0.1, 0.15) is 17.5 Å². The van der Waals surface area contributed by atoms with E-state index < -0.39 is 11.7 Å². The van der Waals surface area contributed by atoms with Gasteiger partial charge in [0.15, 0.2) is 0 Å². The van der Waals surface area contributed by atoms with E-state index in [1.807, 2.05) is 35.4 Å². The second-order valence-electron chi connectivity index (χ2n) is 7.00. The van der Waals surface area contributed by atoms with E-state index in [2.05, 4.69) is 15.3 Å². The zero-order valence-corrected chi connectivity index (χ0v) is 15.0. The first-order chi connectivity index (χ1) is 13.4. The number of nitrogens with one attached hydrogen (secondary N) is 2. The van der Waals surface area contributed by atoms with Crippen molar-refractivity contribution in [1.29, 1.82) is 0 Å². The molecule has 2 N–H and O–H groups in total. The van der Waals surface area contributed by atoms with Gasteiger partial charge in [-0.05, 0) is 35.6 Å². The number of amides is 1. The van der Waals surface area contributed by atoms with Gasteiger partial charge in [-0.15, -0.1) is 0 Å². The molecule has 1 saturated heterocycles. The molecule has 8 heteroatoms. The monoisotopic (exact) mass is 388 g/mol. The highest BCUT2D eigenvalue weighted by Gasteiger charge is 2.32. The van der Waals surface area contributed by atoms with E-state index in [1.54, 1.807) is 0 Å². The van der Waals surface area contributed by atoms with Crippen LogP contribution in [0.5, 0.6) is 0 Å². The largest absolute Gasteiger partial charge is 0.417 e. The Morgan fingerprint density at radius 3 is 2.93 bits per heavy atom. The van der Waals surface area contributed by atoms with E-state index in [4.69, 9.17) is 0 Å². The molecular weight excluding hydrogens is 369 g/mol. The minimum atomic E-state index is -4.42. The quantitative estimate of drug-likeness (QED) is 0.719. The average molecular weight is 388 g/mol. The number of aromatic nitrogens is 2. The fourth-order valence-electron chi connectivity index (χ4n) is 3.54. The van der Waals surface area contributed by atoms with Gasteiger partial charge in [-0.25, -0.2) is 0 Å². The Morgan fingerprint density at radius 1 is 1.25 bits per heavy atom. The minimum Gasteiger partial charge on any atom is -0.368 e. The normalized spacial score (nSPS) is 17.2. The molecular formula is C20H19F3N4O. The summed E-state index contributed by atoms with van der Waals surface area (Å²) in [5.74, 6) is -0.0973. The number of H-pyrrole nitrogens is 1. The smallest absolute Gasteiger partial charge is 0.368 e. The zero-order chi connectivity index (χ0) is 19.7. The van der Waals surface area contributed by atoms with Gasteiger partial charge in [0, 0.05) is 37.0 Å². The third-order valence-corrected chi connectivity index (χ3v) is 4.95. The summed E-state index contributed by atoms with van der Waals surface area (Å²) in [6.45, 7) is 1.03. The summed E-state index contributed by atoms with van der Waals surface area (Å²) in [5.41, 5.74) is 1.54. The van der Waals surface area contributed by atoms with Gasteiger partial charge in [0.1, 0.15) is 0 Å². The van der Waals surface area contributed by atoms with Crippen molar-refractivity contribution in [3.63, 3.8) is 0 Å². The molecule has 1 aromatic carbocycles. The summed E-state index contributed by atoms with van der Waals surface area (Å²) in [4.78, 5) is 21.0. The van der Waals surface area contributed by atoms with Crippen molar-refractivity contribution in [1.82, 2.24) is 15.3 Å². The van der Waals surface area contributed by atoms with Crippen LogP contribution in [0, 0.1) is 0 Å². The van der Waals surface area contributed by atoms with E-state index in [-0.39, 0.29) is 18.4 Å². The van der Waals surface area contributed by atoms with Gasteiger partial charge >= 0.3 is 6.18 Å². The average Bonchev–Trinajstić information content (AvgIpc) is 3.30. The van der Waals surface area contributed by atoms with Crippen LogP contribution in [-0.4, -0.2) is 35.0 Å². The Morgan fingerprint density at radius 2 is 2.11 bits per heavy atom. The molecule has 0 unspecified atom stereocenters. The molecule has 1 amide bonds. The van der Waals surface area contributed by atoms with E-state index in [9.17, 15) is 18.0 Å². The Balaban J connectivity index is 1.36. The molecule has 0 bridgehead atoms. The maximum atomic E-state index is 12.9. The predicted octanol–water partition coefficient (Wildman–Crippen LogP) is 3.52. The van der Waals surface area contributed by atoms with E-state index in [0.717, 1.165) is 28.7 Å². The van der Waals surface area contributed by atoms with Gasteiger partial charge in [0.05, 0.1) is 23.9 Å². The van der Waals surface area contributed by atoms with Gasteiger partial charge in [0.25, 0.3) is 0 Å². The SMILES string of the molecule is O=C(Cc1ccc2cc[nH]c2c1)N[C@@H]1CCN(c2cncc(C(F)(F)F)c2)C1. The van der Waals surface area contributed by atoms with Crippen LogP contribution in [0.25, 0.3) is 10.9 Å². The minimum absolute atomic E-state index is 0.0973. The van der Waals surface area contributed by atoms with Crippen LogP contribution in [-0.2, 0) is 17.4 Å². The molecule has 3 heterocycles. The second-order valence-corrected chi connectivity index (χ2v) is 7.00. The van der Waals surface area contributed by atoms with Crippen LogP contribution in [0.4, 0.5) is 18.9 Å². The number of pyridine rings is 1.